The molecule has 2 nitrogen and oxygen atoms in total. The molecule has 1 aromatic heterocycles. The molecule has 0 radical (unpaired) electrons. The molecule has 1 aliphatic rings. The summed E-state index contributed by atoms with van der Waals surface area (Å²) >= 11 is 1.83. The van der Waals surface area contributed by atoms with E-state index in [1.165, 1.54) is 17.7 Å². The quantitative estimate of drug-likeness (QED) is 0.854. The van der Waals surface area contributed by atoms with E-state index in [4.69, 9.17) is 0 Å². The average Bonchev–Trinajstić information content (AvgIpc) is 2.82. The molecule has 0 saturated heterocycles. The molecule has 1 heterocycles. The van der Waals surface area contributed by atoms with E-state index in [0.29, 0.717) is 17.9 Å². The molecule has 0 spiro atoms. The highest BCUT2D eigenvalue weighted by Gasteiger charge is 2.22. The Kier molecular flexibility index (Phi) is 5.22. The molecule has 2 N–H and O–H groups in total. The lowest BCUT2D eigenvalue weighted by atomic mass is 9.87. The Morgan fingerprint density at radius 3 is 2.89 bits per heavy atom. The zero-order chi connectivity index (χ0) is 13.0. The maximum absolute atomic E-state index is 9.71. The highest BCUT2D eigenvalue weighted by Crippen LogP contribution is 2.28. The van der Waals surface area contributed by atoms with Crippen LogP contribution in [0.2, 0.25) is 0 Å². The average molecular weight is 267 g/mol. The molecule has 3 atom stereocenters. The van der Waals surface area contributed by atoms with Crippen LogP contribution in [-0.2, 0) is 0 Å². The minimum atomic E-state index is -0.0650. The molecule has 0 amide bonds. The molecule has 1 fully saturated rings. The van der Waals surface area contributed by atoms with Gasteiger partial charge in [-0.05, 0) is 49.1 Å². The maximum Gasteiger partial charge on any atom is 0.0543 e. The van der Waals surface area contributed by atoms with Gasteiger partial charge in [-0.25, -0.2) is 0 Å². The van der Waals surface area contributed by atoms with Crippen molar-refractivity contribution in [1.82, 2.24) is 5.32 Å². The second kappa shape index (κ2) is 6.69. The van der Waals surface area contributed by atoms with E-state index in [0.717, 1.165) is 19.4 Å². The lowest BCUT2D eigenvalue weighted by molar-refractivity contribution is 0.0989. The standard InChI is InChI=1S/C15H25NOS/c1-11(2)15(14-7-4-8-18-14)16-10-12-5-3-6-13(17)9-12/h4,7-8,11-13,15-17H,3,5-6,9-10H2,1-2H3. The van der Waals surface area contributed by atoms with Crippen LogP contribution in [0.15, 0.2) is 17.5 Å². The smallest absolute Gasteiger partial charge is 0.0543 e. The fourth-order valence-electron chi connectivity index (χ4n) is 2.87. The Hall–Kier alpha value is -0.380. The van der Waals surface area contributed by atoms with Crippen molar-refractivity contribution in [2.75, 3.05) is 6.54 Å². The topological polar surface area (TPSA) is 32.3 Å². The molecule has 0 aromatic carbocycles. The third-order valence-electron chi connectivity index (χ3n) is 3.90. The summed E-state index contributed by atoms with van der Waals surface area (Å²) in [7, 11) is 0. The van der Waals surface area contributed by atoms with E-state index < -0.39 is 0 Å². The fourth-order valence-corrected chi connectivity index (χ4v) is 3.85. The van der Waals surface area contributed by atoms with Crippen LogP contribution in [0.1, 0.15) is 50.4 Å². The van der Waals surface area contributed by atoms with Crippen LogP contribution in [-0.4, -0.2) is 17.8 Å². The van der Waals surface area contributed by atoms with Crippen molar-refractivity contribution in [3.05, 3.63) is 22.4 Å². The number of rotatable bonds is 5. The minimum absolute atomic E-state index is 0.0650. The lowest BCUT2D eigenvalue weighted by Crippen LogP contribution is -2.33. The van der Waals surface area contributed by atoms with Gasteiger partial charge in [-0.1, -0.05) is 26.3 Å². The molecular weight excluding hydrogens is 242 g/mol. The summed E-state index contributed by atoms with van der Waals surface area (Å²) in [4.78, 5) is 1.43. The van der Waals surface area contributed by atoms with Gasteiger partial charge in [0.05, 0.1) is 6.10 Å². The SMILES string of the molecule is CC(C)C(NCC1CCCC(O)C1)c1cccs1. The number of hydrogen-bond donors (Lipinski definition) is 2. The van der Waals surface area contributed by atoms with E-state index >= 15 is 0 Å². The van der Waals surface area contributed by atoms with Crippen LogP contribution >= 0.6 is 11.3 Å². The summed E-state index contributed by atoms with van der Waals surface area (Å²) in [6.45, 7) is 5.58. The summed E-state index contributed by atoms with van der Waals surface area (Å²) in [6, 6.07) is 4.81. The number of aliphatic hydroxyl groups excluding tert-OH is 1. The van der Waals surface area contributed by atoms with Crippen molar-refractivity contribution in [2.45, 2.75) is 51.7 Å². The Labute approximate surface area is 114 Å². The van der Waals surface area contributed by atoms with E-state index in [1.807, 2.05) is 11.3 Å². The predicted molar refractivity (Wildman–Crippen MR) is 77.9 cm³/mol. The monoisotopic (exact) mass is 267 g/mol. The van der Waals surface area contributed by atoms with E-state index in [1.54, 1.807) is 0 Å². The van der Waals surface area contributed by atoms with Gasteiger partial charge < -0.3 is 10.4 Å². The van der Waals surface area contributed by atoms with Crippen molar-refractivity contribution in [3.63, 3.8) is 0 Å². The van der Waals surface area contributed by atoms with Gasteiger partial charge in [-0.2, -0.15) is 0 Å². The molecule has 2 rings (SSSR count). The first kappa shape index (κ1) is 14.0. The van der Waals surface area contributed by atoms with Crippen molar-refractivity contribution in [3.8, 4) is 0 Å². The molecule has 0 aliphatic heterocycles. The Bertz CT molecular complexity index is 336. The molecular formula is C15H25NOS. The zero-order valence-corrected chi connectivity index (χ0v) is 12.2. The van der Waals surface area contributed by atoms with E-state index in [-0.39, 0.29) is 6.10 Å². The first-order chi connectivity index (χ1) is 8.66. The Morgan fingerprint density at radius 2 is 2.28 bits per heavy atom. The summed E-state index contributed by atoms with van der Waals surface area (Å²) in [5.74, 6) is 1.26. The second-order valence-electron chi connectivity index (χ2n) is 5.83. The molecule has 1 aromatic rings. The number of aliphatic hydroxyl groups is 1. The molecule has 1 saturated carbocycles. The third-order valence-corrected chi connectivity index (χ3v) is 4.85. The van der Waals surface area contributed by atoms with Gasteiger partial charge in [0, 0.05) is 10.9 Å². The summed E-state index contributed by atoms with van der Waals surface area (Å²) in [5, 5.41) is 15.6. The van der Waals surface area contributed by atoms with Gasteiger partial charge in [-0.15, -0.1) is 11.3 Å². The predicted octanol–water partition coefficient (Wildman–Crippen LogP) is 3.59. The van der Waals surface area contributed by atoms with Gasteiger partial charge in [0.15, 0.2) is 0 Å². The zero-order valence-electron chi connectivity index (χ0n) is 11.4. The van der Waals surface area contributed by atoms with E-state index in [2.05, 4.69) is 36.7 Å². The van der Waals surface area contributed by atoms with Crippen LogP contribution in [0.3, 0.4) is 0 Å². The number of thiophene rings is 1. The molecule has 0 bridgehead atoms. The van der Waals surface area contributed by atoms with Crippen LogP contribution < -0.4 is 5.32 Å². The normalized spacial score (nSPS) is 26.4. The molecule has 3 heteroatoms. The van der Waals surface area contributed by atoms with Crippen LogP contribution in [0.5, 0.6) is 0 Å². The van der Waals surface area contributed by atoms with E-state index in [9.17, 15) is 5.11 Å². The molecule has 3 unspecified atom stereocenters. The van der Waals surface area contributed by atoms with Gasteiger partial charge in [-0.3, -0.25) is 0 Å². The fraction of sp³-hybridized carbons (Fsp3) is 0.733. The highest BCUT2D eigenvalue weighted by atomic mass is 32.1. The van der Waals surface area contributed by atoms with Crippen molar-refractivity contribution >= 4 is 11.3 Å². The van der Waals surface area contributed by atoms with Crippen molar-refractivity contribution in [2.24, 2.45) is 11.8 Å². The van der Waals surface area contributed by atoms with Gasteiger partial charge in [0.1, 0.15) is 0 Å². The summed E-state index contributed by atoms with van der Waals surface area (Å²) in [5.41, 5.74) is 0. The largest absolute Gasteiger partial charge is 0.393 e. The first-order valence-electron chi connectivity index (χ1n) is 7.11. The maximum atomic E-state index is 9.71. The summed E-state index contributed by atoms with van der Waals surface area (Å²) in [6.07, 6.45) is 4.35. The van der Waals surface area contributed by atoms with Crippen LogP contribution in [0.4, 0.5) is 0 Å². The van der Waals surface area contributed by atoms with Crippen molar-refractivity contribution < 1.29 is 5.11 Å². The Balaban J connectivity index is 1.86. The van der Waals surface area contributed by atoms with Gasteiger partial charge in [0.25, 0.3) is 0 Å². The number of hydrogen-bond acceptors (Lipinski definition) is 3. The van der Waals surface area contributed by atoms with Crippen LogP contribution in [0, 0.1) is 11.8 Å². The first-order valence-corrected chi connectivity index (χ1v) is 7.99. The minimum Gasteiger partial charge on any atom is -0.393 e. The second-order valence-corrected chi connectivity index (χ2v) is 6.81. The molecule has 18 heavy (non-hydrogen) atoms. The highest BCUT2D eigenvalue weighted by molar-refractivity contribution is 7.10. The van der Waals surface area contributed by atoms with Crippen molar-refractivity contribution in [1.29, 1.82) is 0 Å². The number of nitrogens with one attached hydrogen (secondary N) is 1. The molecule has 1 aliphatic carbocycles. The Morgan fingerprint density at radius 1 is 1.44 bits per heavy atom. The van der Waals surface area contributed by atoms with Gasteiger partial charge >= 0.3 is 0 Å². The van der Waals surface area contributed by atoms with Crippen LogP contribution in [0.25, 0.3) is 0 Å². The summed E-state index contributed by atoms with van der Waals surface area (Å²) < 4.78 is 0. The lowest BCUT2D eigenvalue weighted by Gasteiger charge is -2.29. The molecule has 102 valence electrons. The van der Waals surface area contributed by atoms with Gasteiger partial charge in [0.2, 0.25) is 0 Å². The third kappa shape index (κ3) is 3.81.